The van der Waals surface area contributed by atoms with Crippen molar-refractivity contribution in [2.75, 3.05) is 14.2 Å². The van der Waals surface area contributed by atoms with Crippen LogP contribution in [0, 0.1) is 0 Å². The van der Waals surface area contributed by atoms with Gasteiger partial charge in [-0.15, -0.1) is 0 Å². The molecule has 114 valence electrons. The van der Waals surface area contributed by atoms with Gasteiger partial charge in [-0.25, -0.2) is 9.59 Å². The van der Waals surface area contributed by atoms with E-state index in [2.05, 4.69) is 4.74 Å². The number of hydrogen-bond donors (Lipinski definition) is 0. The van der Waals surface area contributed by atoms with Crippen molar-refractivity contribution in [3.05, 3.63) is 65.2 Å². The third-order valence-corrected chi connectivity index (χ3v) is 3.06. The Balaban J connectivity index is 2.07. The first kappa shape index (κ1) is 15.6. The van der Waals surface area contributed by atoms with Crippen molar-refractivity contribution in [3.8, 4) is 5.75 Å². The topological polar surface area (TPSA) is 61.8 Å². The number of ether oxygens (including phenoxy) is 3. The van der Waals surface area contributed by atoms with Gasteiger partial charge in [-0.05, 0) is 29.8 Å². The van der Waals surface area contributed by atoms with Crippen LogP contribution in [0.15, 0.2) is 48.5 Å². The van der Waals surface area contributed by atoms with Crippen molar-refractivity contribution in [2.45, 2.75) is 6.61 Å². The van der Waals surface area contributed by atoms with Crippen LogP contribution in [0.1, 0.15) is 26.3 Å². The maximum atomic E-state index is 11.6. The van der Waals surface area contributed by atoms with E-state index in [4.69, 9.17) is 9.47 Å². The summed E-state index contributed by atoms with van der Waals surface area (Å²) in [4.78, 5) is 23.0. The average Bonchev–Trinajstić information content (AvgIpc) is 2.59. The van der Waals surface area contributed by atoms with Crippen molar-refractivity contribution in [3.63, 3.8) is 0 Å². The van der Waals surface area contributed by atoms with E-state index in [1.54, 1.807) is 48.5 Å². The molecule has 0 aliphatic carbocycles. The fourth-order valence-corrected chi connectivity index (χ4v) is 1.89. The molecule has 5 nitrogen and oxygen atoms in total. The molecule has 0 N–H and O–H groups in total. The van der Waals surface area contributed by atoms with Gasteiger partial charge in [-0.3, -0.25) is 0 Å². The van der Waals surface area contributed by atoms with Gasteiger partial charge in [0.2, 0.25) is 0 Å². The van der Waals surface area contributed by atoms with Crippen LogP contribution in [-0.4, -0.2) is 26.2 Å². The normalized spacial score (nSPS) is 9.91. The summed E-state index contributed by atoms with van der Waals surface area (Å²) < 4.78 is 15.0. The third-order valence-electron chi connectivity index (χ3n) is 3.06. The van der Waals surface area contributed by atoms with Crippen molar-refractivity contribution in [1.82, 2.24) is 0 Å². The third kappa shape index (κ3) is 3.63. The van der Waals surface area contributed by atoms with Gasteiger partial charge in [0, 0.05) is 0 Å². The van der Waals surface area contributed by atoms with E-state index in [9.17, 15) is 9.59 Å². The molecule has 0 fully saturated rings. The Kier molecular flexibility index (Phi) is 5.14. The summed E-state index contributed by atoms with van der Waals surface area (Å²) in [6.07, 6.45) is 0. The second kappa shape index (κ2) is 7.26. The fourth-order valence-electron chi connectivity index (χ4n) is 1.89. The number of carbonyl (C=O) groups excluding carboxylic acids is 2. The summed E-state index contributed by atoms with van der Waals surface area (Å²) in [5, 5.41) is 0. The molecule has 0 aliphatic heterocycles. The lowest BCUT2D eigenvalue weighted by Gasteiger charge is -2.10. The van der Waals surface area contributed by atoms with Gasteiger partial charge in [0.15, 0.2) is 0 Å². The van der Waals surface area contributed by atoms with E-state index < -0.39 is 5.97 Å². The lowest BCUT2D eigenvalue weighted by molar-refractivity contribution is 0.0588. The number of hydrogen-bond acceptors (Lipinski definition) is 5. The van der Waals surface area contributed by atoms with Gasteiger partial charge in [0.1, 0.15) is 17.9 Å². The van der Waals surface area contributed by atoms with Crippen LogP contribution in [-0.2, 0) is 16.1 Å². The number of rotatable bonds is 5. The van der Waals surface area contributed by atoms with Crippen LogP contribution in [0.25, 0.3) is 0 Å². The summed E-state index contributed by atoms with van der Waals surface area (Å²) in [5.41, 5.74) is 1.71. The zero-order chi connectivity index (χ0) is 15.9. The van der Waals surface area contributed by atoms with Gasteiger partial charge >= 0.3 is 11.9 Å². The molecule has 0 radical (unpaired) electrons. The van der Waals surface area contributed by atoms with E-state index >= 15 is 0 Å². The molecule has 5 heteroatoms. The first-order chi connectivity index (χ1) is 10.7. The van der Waals surface area contributed by atoms with Crippen LogP contribution >= 0.6 is 0 Å². The zero-order valence-electron chi connectivity index (χ0n) is 12.4. The molecule has 2 aromatic rings. The average molecular weight is 300 g/mol. The summed E-state index contributed by atoms with van der Waals surface area (Å²) >= 11 is 0. The highest BCUT2D eigenvalue weighted by Crippen LogP contribution is 2.20. The van der Waals surface area contributed by atoms with Gasteiger partial charge in [0.25, 0.3) is 0 Å². The Bertz CT molecular complexity index is 661. The number of benzene rings is 2. The van der Waals surface area contributed by atoms with Crippen molar-refractivity contribution in [2.24, 2.45) is 0 Å². The maximum absolute atomic E-state index is 11.6. The monoisotopic (exact) mass is 300 g/mol. The van der Waals surface area contributed by atoms with Gasteiger partial charge in [-0.2, -0.15) is 0 Å². The Morgan fingerprint density at radius 1 is 0.864 bits per heavy atom. The predicted molar refractivity (Wildman–Crippen MR) is 79.9 cm³/mol. The lowest BCUT2D eigenvalue weighted by atomic mass is 10.1. The van der Waals surface area contributed by atoms with E-state index in [0.717, 1.165) is 5.56 Å². The molecule has 0 spiro atoms. The van der Waals surface area contributed by atoms with Crippen LogP contribution in [0.5, 0.6) is 5.75 Å². The van der Waals surface area contributed by atoms with E-state index in [0.29, 0.717) is 16.9 Å². The molecule has 0 saturated heterocycles. The predicted octanol–water partition coefficient (Wildman–Crippen LogP) is 2.84. The maximum Gasteiger partial charge on any atom is 0.341 e. The molecule has 0 aliphatic rings. The molecule has 2 rings (SSSR count). The highest BCUT2D eigenvalue weighted by Gasteiger charge is 2.12. The van der Waals surface area contributed by atoms with Crippen molar-refractivity contribution >= 4 is 11.9 Å². The van der Waals surface area contributed by atoms with E-state index in [1.807, 2.05) is 0 Å². The van der Waals surface area contributed by atoms with Crippen LogP contribution in [0.2, 0.25) is 0 Å². The smallest absolute Gasteiger partial charge is 0.341 e. The van der Waals surface area contributed by atoms with Crippen LogP contribution < -0.4 is 4.74 Å². The minimum Gasteiger partial charge on any atom is -0.488 e. The number of methoxy groups -OCH3 is 2. The Morgan fingerprint density at radius 2 is 1.50 bits per heavy atom. The highest BCUT2D eigenvalue weighted by molar-refractivity contribution is 5.92. The summed E-state index contributed by atoms with van der Waals surface area (Å²) in [6.45, 7) is 0.273. The molecule has 2 aromatic carbocycles. The minimum atomic E-state index is -0.448. The first-order valence-electron chi connectivity index (χ1n) is 6.63. The molecule has 0 saturated carbocycles. The summed E-state index contributed by atoms with van der Waals surface area (Å²) in [7, 11) is 2.66. The second-order valence-corrected chi connectivity index (χ2v) is 4.46. The molecule has 0 aromatic heterocycles. The molecule has 22 heavy (non-hydrogen) atoms. The van der Waals surface area contributed by atoms with Crippen LogP contribution in [0.4, 0.5) is 0 Å². The Morgan fingerprint density at radius 3 is 2.14 bits per heavy atom. The molecular formula is C17H16O5. The lowest BCUT2D eigenvalue weighted by Crippen LogP contribution is -2.06. The van der Waals surface area contributed by atoms with E-state index in [1.165, 1.54) is 14.2 Å². The largest absolute Gasteiger partial charge is 0.488 e. The quantitative estimate of drug-likeness (QED) is 0.795. The molecule has 0 atom stereocenters. The Labute approximate surface area is 128 Å². The highest BCUT2D eigenvalue weighted by atomic mass is 16.5. The molecule has 0 heterocycles. The molecular weight excluding hydrogens is 284 g/mol. The second-order valence-electron chi connectivity index (χ2n) is 4.46. The van der Waals surface area contributed by atoms with E-state index in [-0.39, 0.29) is 12.6 Å². The Hall–Kier alpha value is -2.82. The number of para-hydroxylation sites is 1. The van der Waals surface area contributed by atoms with Crippen molar-refractivity contribution < 1.29 is 23.8 Å². The first-order valence-corrected chi connectivity index (χ1v) is 6.63. The van der Waals surface area contributed by atoms with Gasteiger partial charge in [-0.1, -0.05) is 24.3 Å². The SMILES string of the molecule is COC(=O)c1ccc(COc2ccccc2C(=O)OC)cc1. The van der Waals surface area contributed by atoms with Gasteiger partial charge < -0.3 is 14.2 Å². The number of esters is 2. The van der Waals surface area contributed by atoms with Crippen LogP contribution in [0.3, 0.4) is 0 Å². The minimum absolute atomic E-state index is 0.273. The summed E-state index contributed by atoms with van der Waals surface area (Å²) in [5.74, 6) is -0.383. The van der Waals surface area contributed by atoms with Gasteiger partial charge in [0.05, 0.1) is 19.8 Å². The fraction of sp³-hybridized carbons (Fsp3) is 0.176. The summed E-state index contributed by atoms with van der Waals surface area (Å²) in [6, 6.07) is 13.7. The molecule has 0 amide bonds. The molecule has 0 unspecified atom stereocenters. The standard InChI is InChI=1S/C17H16O5/c1-20-16(18)13-9-7-12(8-10-13)11-22-15-6-4-3-5-14(15)17(19)21-2/h3-10H,11H2,1-2H3. The number of carbonyl (C=O) groups is 2. The van der Waals surface area contributed by atoms with Crippen molar-refractivity contribution in [1.29, 1.82) is 0 Å². The zero-order valence-corrected chi connectivity index (χ0v) is 12.4. The molecule has 0 bridgehead atoms.